The van der Waals surface area contributed by atoms with Gasteiger partial charge in [-0.15, -0.1) is 0 Å². The zero-order valence-corrected chi connectivity index (χ0v) is 16.3. The van der Waals surface area contributed by atoms with Crippen LogP contribution < -0.4 is 5.32 Å². The monoisotopic (exact) mass is 382 g/mol. The maximum atomic E-state index is 12.7. The van der Waals surface area contributed by atoms with E-state index in [0.717, 1.165) is 5.56 Å². The molecule has 7 heteroatoms. The van der Waals surface area contributed by atoms with Crippen LogP contribution in [0.2, 0.25) is 0 Å². The first-order chi connectivity index (χ1) is 13.4. The van der Waals surface area contributed by atoms with Gasteiger partial charge in [-0.2, -0.15) is 0 Å². The van der Waals surface area contributed by atoms with Gasteiger partial charge in [0.2, 0.25) is 5.91 Å². The number of nitrogens with one attached hydrogen (secondary N) is 1. The molecule has 28 heavy (non-hydrogen) atoms. The standard InChI is InChI=1S/C21H27BN2O4/c1-16(2)24(21(26)18-11-7-4-8-12-18)14-13-20(25)23-19(22(27)28)15-17-9-5-3-6-10-17/h3-12,16,19,27-28H,13-15H2,1-2H3,(H,23,25)/t19-/m0/s1. The summed E-state index contributed by atoms with van der Waals surface area (Å²) in [5.74, 6) is -1.28. The molecular weight excluding hydrogens is 355 g/mol. The van der Waals surface area contributed by atoms with Crippen molar-refractivity contribution in [2.45, 2.75) is 38.7 Å². The number of carbonyl (C=O) groups is 2. The second-order valence-corrected chi connectivity index (χ2v) is 6.99. The average Bonchev–Trinajstić information content (AvgIpc) is 2.68. The summed E-state index contributed by atoms with van der Waals surface area (Å²) in [6.07, 6.45) is 0.385. The Bertz CT molecular complexity index is 754. The van der Waals surface area contributed by atoms with Gasteiger partial charge in [-0.1, -0.05) is 48.5 Å². The number of rotatable bonds is 9. The number of hydrogen-bond acceptors (Lipinski definition) is 4. The van der Waals surface area contributed by atoms with Crippen molar-refractivity contribution in [3.8, 4) is 0 Å². The van der Waals surface area contributed by atoms with Crippen LogP contribution in [0, 0.1) is 0 Å². The molecule has 0 bridgehead atoms. The van der Waals surface area contributed by atoms with E-state index < -0.39 is 13.1 Å². The highest BCUT2D eigenvalue weighted by molar-refractivity contribution is 6.43. The normalized spacial score (nSPS) is 11.8. The lowest BCUT2D eigenvalue weighted by atomic mass is 9.76. The van der Waals surface area contributed by atoms with Crippen LogP contribution in [0.25, 0.3) is 0 Å². The summed E-state index contributed by atoms with van der Waals surface area (Å²) in [4.78, 5) is 26.7. The van der Waals surface area contributed by atoms with Crippen LogP contribution in [0.4, 0.5) is 0 Å². The first-order valence-electron chi connectivity index (χ1n) is 9.44. The van der Waals surface area contributed by atoms with Gasteiger partial charge in [-0.05, 0) is 38.0 Å². The van der Waals surface area contributed by atoms with Gasteiger partial charge in [0.15, 0.2) is 0 Å². The van der Waals surface area contributed by atoms with Gasteiger partial charge in [0.05, 0.1) is 5.94 Å². The Labute approximate surface area is 166 Å². The lowest BCUT2D eigenvalue weighted by Crippen LogP contribution is -2.49. The van der Waals surface area contributed by atoms with E-state index in [2.05, 4.69) is 5.32 Å². The molecule has 3 N–H and O–H groups in total. The van der Waals surface area contributed by atoms with Crippen LogP contribution in [0.5, 0.6) is 0 Å². The topological polar surface area (TPSA) is 89.9 Å². The van der Waals surface area contributed by atoms with E-state index in [1.165, 1.54) is 0 Å². The Morgan fingerprint density at radius 1 is 1.00 bits per heavy atom. The van der Waals surface area contributed by atoms with Crippen LogP contribution in [0.3, 0.4) is 0 Å². The van der Waals surface area contributed by atoms with Crippen molar-refractivity contribution in [2.24, 2.45) is 0 Å². The second kappa shape index (κ2) is 10.6. The Morgan fingerprint density at radius 3 is 2.11 bits per heavy atom. The van der Waals surface area contributed by atoms with Gasteiger partial charge in [0, 0.05) is 24.6 Å². The molecule has 0 saturated heterocycles. The first-order valence-corrected chi connectivity index (χ1v) is 9.44. The molecule has 2 aromatic carbocycles. The predicted octanol–water partition coefficient (Wildman–Crippen LogP) is 1.67. The minimum absolute atomic E-state index is 0.0657. The Morgan fingerprint density at radius 2 is 1.57 bits per heavy atom. The first kappa shape index (κ1) is 21.7. The lowest BCUT2D eigenvalue weighted by Gasteiger charge is -2.27. The minimum atomic E-state index is -1.67. The molecule has 0 aliphatic heterocycles. The Hall–Kier alpha value is -2.64. The van der Waals surface area contributed by atoms with E-state index in [9.17, 15) is 19.6 Å². The van der Waals surface area contributed by atoms with E-state index in [0.29, 0.717) is 12.0 Å². The van der Waals surface area contributed by atoms with Crippen molar-refractivity contribution in [1.82, 2.24) is 10.2 Å². The number of benzene rings is 2. The molecule has 0 aliphatic rings. The summed E-state index contributed by atoms with van der Waals surface area (Å²) >= 11 is 0. The van der Waals surface area contributed by atoms with E-state index in [1.54, 1.807) is 29.2 Å². The van der Waals surface area contributed by atoms with Crippen LogP contribution in [-0.4, -0.2) is 52.4 Å². The molecule has 0 spiro atoms. The molecule has 0 aromatic heterocycles. The Balaban J connectivity index is 1.95. The summed E-state index contributed by atoms with van der Waals surface area (Å²) < 4.78 is 0. The van der Waals surface area contributed by atoms with Gasteiger partial charge in [-0.25, -0.2) is 0 Å². The summed E-state index contributed by atoms with van der Waals surface area (Å²) in [5.41, 5.74) is 1.47. The highest BCUT2D eigenvalue weighted by Crippen LogP contribution is 2.10. The predicted molar refractivity (Wildman–Crippen MR) is 109 cm³/mol. The molecule has 1 atom stereocenters. The Kier molecular flexibility index (Phi) is 8.23. The van der Waals surface area contributed by atoms with Gasteiger partial charge >= 0.3 is 7.12 Å². The summed E-state index contributed by atoms with van der Waals surface area (Å²) in [6, 6.07) is 18.2. The van der Waals surface area contributed by atoms with E-state index in [4.69, 9.17) is 0 Å². The SMILES string of the molecule is CC(C)N(CCC(=O)N[C@@H](Cc1ccccc1)B(O)O)C(=O)c1ccccc1. The van der Waals surface area contributed by atoms with Crippen molar-refractivity contribution < 1.29 is 19.6 Å². The second-order valence-electron chi connectivity index (χ2n) is 6.99. The van der Waals surface area contributed by atoms with Crippen molar-refractivity contribution in [3.05, 3.63) is 71.8 Å². The van der Waals surface area contributed by atoms with Gasteiger partial charge in [-0.3, -0.25) is 9.59 Å². The molecule has 6 nitrogen and oxygen atoms in total. The zero-order chi connectivity index (χ0) is 20.5. The van der Waals surface area contributed by atoms with Crippen LogP contribution >= 0.6 is 0 Å². The van der Waals surface area contributed by atoms with Crippen molar-refractivity contribution in [2.75, 3.05) is 6.54 Å². The molecule has 0 aliphatic carbocycles. The molecular formula is C21H27BN2O4. The summed E-state index contributed by atoms with van der Waals surface area (Å²) in [6.45, 7) is 4.04. The number of hydrogen-bond donors (Lipinski definition) is 3. The fourth-order valence-electron chi connectivity index (χ4n) is 2.94. The van der Waals surface area contributed by atoms with E-state index in [1.807, 2.05) is 50.2 Å². The smallest absolute Gasteiger partial charge is 0.426 e. The maximum Gasteiger partial charge on any atom is 0.475 e. The van der Waals surface area contributed by atoms with Crippen LogP contribution in [-0.2, 0) is 11.2 Å². The molecule has 0 saturated carbocycles. The maximum absolute atomic E-state index is 12.7. The molecule has 0 unspecified atom stereocenters. The quantitative estimate of drug-likeness (QED) is 0.576. The third-order valence-corrected chi connectivity index (χ3v) is 4.49. The number of amides is 2. The van der Waals surface area contributed by atoms with E-state index >= 15 is 0 Å². The third kappa shape index (κ3) is 6.51. The summed E-state index contributed by atoms with van der Waals surface area (Å²) in [5, 5.41) is 21.9. The summed E-state index contributed by atoms with van der Waals surface area (Å²) in [7, 11) is -1.67. The fraction of sp³-hybridized carbons (Fsp3) is 0.333. The van der Waals surface area contributed by atoms with Crippen molar-refractivity contribution in [1.29, 1.82) is 0 Å². The van der Waals surface area contributed by atoms with Gasteiger partial charge in [0.1, 0.15) is 0 Å². The fourth-order valence-corrected chi connectivity index (χ4v) is 2.94. The molecule has 0 heterocycles. The van der Waals surface area contributed by atoms with Crippen molar-refractivity contribution in [3.63, 3.8) is 0 Å². The third-order valence-electron chi connectivity index (χ3n) is 4.49. The molecule has 148 valence electrons. The largest absolute Gasteiger partial charge is 0.475 e. The molecule has 0 radical (unpaired) electrons. The minimum Gasteiger partial charge on any atom is -0.426 e. The number of nitrogens with zero attached hydrogens (tertiary/aromatic N) is 1. The van der Waals surface area contributed by atoms with Gasteiger partial charge in [0.25, 0.3) is 5.91 Å². The van der Waals surface area contributed by atoms with Crippen LogP contribution in [0.15, 0.2) is 60.7 Å². The molecule has 2 aromatic rings. The molecule has 0 fully saturated rings. The lowest BCUT2D eigenvalue weighted by molar-refractivity contribution is -0.121. The molecule has 2 amide bonds. The van der Waals surface area contributed by atoms with Crippen LogP contribution in [0.1, 0.15) is 36.2 Å². The van der Waals surface area contributed by atoms with E-state index in [-0.39, 0.29) is 30.8 Å². The average molecular weight is 382 g/mol. The van der Waals surface area contributed by atoms with Crippen molar-refractivity contribution >= 4 is 18.9 Å². The van der Waals surface area contributed by atoms with Gasteiger partial charge < -0.3 is 20.3 Å². The zero-order valence-electron chi connectivity index (χ0n) is 16.3. The highest BCUT2D eigenvalue weighted by Gasteiger charge is 2.26. The highest BCUT2D eigenvalue weighted by atomic mass is 16.4. The number of carbonyl (C=O) groups excluding carboxylic acids is 2. The molecule has 2 rings (SSSR count).